The first kappa shape index (κ1) is 19.9. The SMILES string of the molecule is NCC(=O)N[C@@H](Cc1ccccc1)C(=O)O.Nc1ccc2ccccc2c1. The van der Waals surface area contributed by atoms with E-state index in [-0.39, 0.29) is 13.0 Å². The minimum Gasteiger partial charge on any atom is -0.480 e. The zero-order valence-corrected chi connectivity index (χ0v) is 14.8. The molecule has 0 aliphatic rings. The van der Waals surface area contributed by atoms with Gasteiger partial charge >= 0.3 is 5.97 Å². The molecule has 6 nitrogen and oxygen atoms in total. The molecule has 3 aromatic rings. The first-order valence-corrected chi connectivity index (χ1v) is 8.50. The summed E-state index contributed by atoms with van der Waals surface area (Å²) in [6.07, 6.45) is 0.252. The van der Waals surface area contributed by atoms with Crippen molar-refractivity contribution in [3.63, 3.8) is 0 Å². The van der Waals surface area contributed by atoms with Crippen LogP contribution in [0.5, 0.6) is 0 Å². The van der Waals surface area contributed by atoms with Gasteiger partial charge in [-0.15, -0.1) is 0 Å². The Hall–Kier alpha value is -3.38. The smallest absolute Gasteiger partial charge is 0.326 e. The van der Waals surface area contributed by atoms with Crippen molar-refractivity contribution in [2.75, 3.05) is 12.3 Å². The molecular weight excluding hydrogens is 342 g/mol. The highest BCUT2D eigenvalue weighted by atomic mass is 16.4. The number of amides is 1. The Labute approximate surface area is 157 Å². The van der Waals surface area contributed by atoms with Crippen LogP contribution in [0, 0.1) is 0 Å². The largest absolute Gasteiger partial charge is 0.480 e. The zero-order chi connectivity index (χ0) is 19.6. The Morgan fingerprint density at radius 3 is 2.19 bits per heavy atom. The number of carboxylic acids is 1. The van der Waals surface area contributed by atoms with Crippen LogP contribution in [0.15, 0.2) is 72.8 Å². The van der Waals surface area contributed by atoms with Gasteiger partial charge in [-0.1, -0.05) is 60.7 Å². The molecule has 140 valence electrons. The molecule has 0 spiro atoms. The number of rotatable bonds is 5. The van der Waals surface area contributed by atoms with Gasteiger partial charge in [0, 0.05) is 12.1 Å². The van der Waals surface area contributed by atoms with Gasteiger partial charge in [-0.2, -0.15) is 0 Å². The van der Waals surface area contributed by atoms with Crippen LogP contribution in [0.1, 0.15) is 5.56 Å². The number of carboxylic acid groups (broad SMARTS) is 1. The monoisotopic (exact) mass is 365 g/mol. The van der Waals surface area contributed by atoms with Crippen LogP contribution in [-0.2, 0) is 16.0 Å². The third kappa shape index (κ3) is 6.45. The van der Waals surface area contributed by atoms with Gasteiger partial charge in [-0.25, -0.2) is 4.79 Å². The van der Waals surface area contributed by atoms with Crippen LogP contribution in [-0.4, -0.2) is 29.6 Å². The fraction of sp³-hybridized carbons (Fsp3) is 0.143. The number of anilines is 1. The molecule has 3 rings (SSSR count). The van der Waals surface area contributed by atoms with E-state index >= 15 is 0 Å². The zero-order valence-electron chi connectivity index (χ0n) is 14.8. The van der Waals surface area contributed by atoms with Crippen LogP contribution >= 0.6 is 0 Å². The van der Waals surface area contributed by atoms with Gasteiger partial charge in [0.2, 0.25) is 5.91 Å². The van der Waals surface area contributed by atoms with Crippen molar-refractivity contribution in [3.8, 4) is 0 Å². The molecule has 0 aliphatic carbocycles. The van der Waals surface area contributed by atoms with Crippen molar-refractivity contribution in [2.45, 2.75) is 12.5 Å². The quantitative estimate of drug-likeness (QED) is 0.517. The molecule has 0 aliphatic heterocycles. The van der Waals surface area contributed by atoms with E-state index in [9.17, 15) is 9.59 Å². The van der Waals surface area contributed by atoms with Gasteiger partial charge in [-0.3, -0.25) is 4.79 Å². The highest BCUT2D eigenvalue weighted by molar-refractivity contribution is 5.85. The van der Waals surface area contributed by atoms with Gasteiger partial charge in [0.05, 0.1) is 6.54 Å². The number of nitrogen functional groups attached to an aromatic ring is 1. The molecule has 6 N–H and O–H groups in total. The molecule has 0 aromatic heterocycles. The summed E-state index contributed by atoms with van der Waals surface area (Å²) in [4.78, 5) is 21.9. The molecule has 0 bridgehead atoms. The molecule has 0 unspecified atom stereocenters. The number of nitrogens with two attached hydrogens (primary N) is 2. The summed E-state index contributed by atoms with van der Waals surface area (Å²) >= 11 is 0. The molecule has 0 radical (unpaired) electrons. The van der Waals surface area contributed by atoms with E-state index in [0.717, 1.165) is 11.3 Å². The summed E-state index contributed by atoms with van der Waals surface area (Å²) in [6, 6.07) is 22.3. The molecule has 1 amide bonds. The average Bonchev–Trinajstić information content (AvgIpc) is 2.68. The van der Waals surface area contributed by atoms with Crippen molar-refractivity contribution in [1.82, 2.24) is 5.32 Å². The number of carbonyl (C=O) groups is 2. The molecule has 1 atom stereocenters. The minimum absolute atomic E-state index is 0.210. The van der Waals surface area contributed by atoms with Crippen LogP contribution in [0.2, 0.25) is 0 Å². The highest BCUT2D eigenvalue weighted by Crippen LogP contribution is 2.16. The van der Waals surface area contributed by atoms with E-state index in [1.54, 1.807) is 0 Å². The summed E-state index contributed by atoms with van der Waals surface area (Å²) in [5.41, 5.74) is 12.4. The Balaban J connectivity index is 0.000000206. The van der Waals surface area contributed by atoms with E-state index in [4.69, 9.17) is 16.6 Å². The lowest BCUT2D eigenvalue weighted by molar-refractivity contribution is -0.141. The molecule has 0 heterocycles. The summed E-state index contributed by atoms with van der Waals surface area (Å²) in [6.45, 7) is -0.210. The molecule has 3 aromatic carbocycles. The number of carbonyl (C=O) groups excluding carboxylic acids is 1. The van der Waals surface area contributed by atoms with Crippen molar-refractivity contribution in [3.05, 3.63) is 78.4 Å². The molecule has 6 heteroatoms. The first-order chi connectivity index (χ1) is 13.0. The number of benzene rings is 3. The average molecular weight is 365 g/mol. The molecule has 27 heavy (non-hydrogen) atoms. The molecule has 0 fully saturated rings. The van der Waals surface area contributed by atoms with Gasteiger partial charge in [0.25, 0.3) is 0 Å². The summed E-state index contributed by atoms with van der Waals surface area (Å²) < 4.78 is 0. The van der Waals surface area contributed by atoms with Gasteiger partial charge in [-0.05, 0) is 28.5 Å². The Morgan fingerprint density at radius 2 is 1.56 bits per heavy atom. The standard InChI is InChI=1S/C11H14N2O3.C10H9N/c12-7-10(14)13-9(11(15)16)6-8-4-2-1-3-5-8;11-10-6-5-8-3-1-2-4-9(8)7-10/h1-5,9H,6-7,12H2,(H,13,14)(H,15,16);1-7H,11H2/t9-;/m0./s1. The molecular formula is C21H23N3O3. The lowest BCUT2D eigenvalue weighted by Crippen LogP contribution is -2.44. The number of nitrogens with one attached hydrogen (secondary N) is 1. The highest BCUT2D eigenvalue weighted by Gasteiger charge is 2.19. The van der Waals surface area contributed by atoms with E-state index in [2.05, 4.69) is 17.4 Å². The van der Waals surface area contributed by atoms with E-state index in [0.29, 0.717) is 0 Å². The van der Waals surface area contributed by atoms with E-state index in [1.807, 2.05) is 60.7 Å². The van der Waals surface area contributed by atoms with Crippen molar-refractivity contribution < 1.29 is 14.7 Å². The Kier molecular flexibility index (Phi) is 7.34. The third-order valence-corrected chi connectivity index (χ3v) is 3.87. The fourth-order valence-electron chi connectivity index (χ4n) is 2.51. The maximum Gasteiger partial charge on any atom is 0.326 e. The van der Waals surface area contributed by atoms with Crippen molar-refractivity contribution in [2.24, 2.45) is 5.73 Å². The van der Waals surface area contributed by atoms with E-state index in [1.165, 1.54) is 10.8 Å². The first-order valence-electron chi connectivity index (χ1n) is 8.50. The summed E-state index contributed by atoms with van der Waals surface area (Å²) in [5.74, 6) is -1.53. The number of hydrogen-bond donors (Lipinski definition) is 4. The number of fused-ring (bicyclic) bond motifs is 1. The van der Waals surface area contributed by atoms with Crippen LogP contribution < -0.4 is 16.8 Å². The molecule has 0 saturated carbocycles. The maximum absolute atomic E-state index is 11.0. The molecule has 0 saturated heterocycles. The second-order valence-electron chi connectivity index (χ2n) is 5.96. The summed E-state index contributed by atoms with van der Waals surface area (Å²) in [5, 5.41) is 13.7. The second kappa shape index (κ2) is 9.94. The van der Waals surface area contributed by atoms with Crippen LogP contribution in [0.4, 0.5) is 5.69 Å². The topological polar surface area (TPSA) is 118 Å². The van der Waals surface area contributed by atoms with Crippen LogP contribution in [0.25, 0.3) is 10.8 Å². The van der Waals surface area contributed by atoms with Crippen molar-refractivity contribution >= 4 is 28.3 Å². The Morgan fingerprint density at radius 1 is 0.926 bits per heavy atom. The van der Waals surface area contributed by atoms with Gasteiger partial charge in [0.15, 0.2) is 0 Å². The van der Waals surface area contributed by atoms with Gasteiger partial charge < -0.3 is 21.9 Å². The number of hydrogen-bond acceptors (Lipinski definition) is 4. The third-order valence-electron chi connectivity index (χ3n) is 3.87. The van der Waals surface area contributed by atoms with Crippen molar-refractivity contribution in [1.29, 1.82) is 0 Å². The predicted octanol–water partition coefficient (Wildman–Crippen LogP) is 2.18. The van der Waals surface area contributed by atoms with Crippen LogP contribution in [0.3, 0.4) is 0 Å². The second-order valence-corrected chi connectivity index (χ2v) is 5.96. The fourth-order valence-corrected chi connectivity index (χ4v) is 2.51. The maximum atomic E-state index is 11.0. The predicted molar refractivity (Wildman–Crippen MR) is 107 cm³/mol. The Bertz CT molecular complexity index is 897. The minimum atomic E-state index is -1.06. The summed E-state index contributed by atoms with van der Waals surface area (Å²) in [7, 11) is 0. The lowest BCUT2D eigenvalue weighted by atomic mass is 10.1. The normalized spacial score (nSPS) is 11.1. The number of aliphatic carboxylic acids is 1. The lowest BCUT2D eigenvalue weighted by Gasteiger charge is -2.13. The van der Waals surface area contributed by atoms with E-state index < -0.39 is 17.9 Å². The van der Waals surface area contributed by atoms with Gasteiger partial charge in [0.1, 0.15) is 6.04 Å².